The molecule has 0 saturated carbocycles. The Morgan fingerprint density at radius 3 is 1.95 bits per heavy atom. The van der Waals surface area contributed by atoms with E-state index in [0.29, 0.717) is 5.75 Å². The predicted molar refractivity (Wildman–Crippen MR) is 74.2 cm³/mol. The van der Waals surface area contributed by atoms with Crippen LogP contribution in [-0.2, 0) is 4.57 Å². The van der Waals surface area contributed by atoms with Crippen molar-refractivity contribution >= 4 is 7.60 Å². The highest BCUT2D eigenvalue weighted by Gasteiger charge is 2.31. The van der Waals surface area contributed by atoms with Crippen molar-refractivity contribution in [2.24, 2.45) is 0 Å². The number of quaternary nitrogens is 1. The van der Waals surface area contributed by atoms with E-state index < -0.39 is 12.9 Å². The fraction of sp³-hybridized carbons (Fsp3) is 0.538. The van der Waals surface area contributed by atoms with Crippen LogP contribution in [0.1, 0.15) is 25.0 Å². The molecule has 0 radical (unpaired) electrons. The maximum absolute atomic E-state index is 11.7. The maximum Gasteiger partial charge on any atom is 0.214 e. The van der Waals surface area contributed by atoms with Crippen LogP contribution in [-0.4, -0.2) is 24.5 Å². The Bertz CT molecular complexity index is 434. The van der Waals surface area contributed by atoms with Gasteiger partial charge in [0.05, 0.1) is 14.1 Å². The van der Waals surface area contributed by atoms with Crippen LogP contribution in [0.25, 0.3) is 0 Å². The quantitative estimate of drug-likeness (QED) is 0.805. The molecule has 0 aromatic heterocycles. The molecule has 1 aromatic rings. The summed E-state index contributed by atoms with van der Waals surface area (Å²) in [5, 5.41) is 9.60. The molecule has 0 aliphatic rings. The molecule has 19 heavy (non-hydrogen) atoms. The number of rotatable bonds is 3. The van der Waals surface area contributed by atoms with Crippen molar-refractivity contribution < 1.29 is 24.4 Å². The lowest BCUT2D eigenvalue weighted by atomic mass is 10.1. The van der Waals surface area contributed by atoms with Crippen LogP contribution in [0.15, 0.2) is 18.2 Å². The van der Waals surface area contributed by atoms with E-state index >= 15 is 0 Å². The van der Waals surface area contributed by atoms with Gasteiger partial charge in [-0.2, -0.15) is 0 Å². The molecule has 1 atom stereocenters. The molecular weight excluding hydrogens is 265 g/mol. The number of benzene rings is 1. The third-order valence-electron chi connectivity index (χ3n) is 2.29. The smallest absolute Gasteiger partial charge is 0.214 e. The summed E-state index contributed by atoms with van der Waals surface area (Å²) >= 11 is 0. The monoisotopic (exact) mass is 289 g/mol. The van der Waals surface area contributed by atoms with Gasteiger partial charge in [0, 0.05) is 0 Å². The highest BCUT2D eigenvalue weighted by molar-refractivity contribution is 7.53. The van der Waals surface area contributed by atoms with Crippen LogP contribution >= 0.6 is 7.60 Å². The van der Waals surface area contributed by atoms with E-state index in [4.69, 9.17) is 4.52 Å². The highest BCUT2D eigenvalue weighted by atomic mass is 31.2. The summed E-state index contributed by atoms with van der Waals surface area (Å²) in [6.07, 6.45) is 0. The number of nitrogens with two attached hydrogens (primary N) is 1. The summed E-state index contributed by atoms with van der Waals surface area (Å²) in [5.41, 5.74) is 1.45. The van der Waals surface area contributed by atoms with Gasteiger partial charge in [-0.1, -0.05) is 18.2 Å². The van der Waals surface area contributed by atoms with Crippen LogP contribution in [0.2, 0.25) is 0 Å². The van der Waals surface area contributed by atoms with E-state index in [1.807, 2.05) is 25.5 Å². The van der Waals surface area contributed by atoms with E-state index in [1.54, 1.807) is 26.0 Å². The first-order valence-electron chi connectivity index (χ1n) is 6.10. The minimum atomic E-state index is -4.35. The van der Waals surface area contributed by atoms with Gasteiger partial charge in [-0.05, 0) is 38.8 Å². The van der Waals surface area contributed by atoms with E-state index in [1.165, 1.54) is 13.8 Å². The minimum absolute atomic E-state index is 0.294. The second-order valence-corrected chi connectivity index (χ2v) is 7.15. The van der Waals surface area contributed by atoms with Crippen molar-refractivity contribution in [3.8, 4) is 5.75 Å². The Labute approximate surface area is 115 Å². The summed E-state index contributed by atoms with van der Waals surface area (Å²) in [5.74, 6) is 0.294. The summed E-state index contributed by atoms with van der Waals surface area (Å²) in [4.78, 5) is 11.7. The fourth-order valence-electron chi connectivity index (χ4n) is 1.18. The molecule has 0 aliphatic heterocycles. The molecule has 0 saturated heterocycles. The Balaban J connectivity index is 0.000000982. The van der Waals surface area contributed by atoms with Crippen LogP contribution in [0.4, 0.5) is 0 Å². The molecule has 6 heteroatoms. The zero-order valence-electron chi connectivity index (χ0n) is 12.4. The molecule has 1 aromatic carbocycles. The molecule has 0 heterocycles. The van der Waals surface area contributed by atoms with Crippen molar-refractivity contribution in [1.29, 1.82) is 0 Å². The van der Waals surface area contributed by atoms with E-state index in [-0.39, 0.29) is 0 Å². The molecular formula is C13H24NO4P. The van der Waals surface area contributed by atoms with Crippen molar-refractivity contribution in [3.05, 3.63) is 29.3 Å². The van der Waals surface area contributed by atoms with Gasteiger partial charge in [-0.15, -0.1) is 0 Å². The Morgan fingerprint density at radius 2 is 1.63 bits per heavy atom. The van der Waals surface area contributed by atoms with Gasteiger partial charge in [-0.3, -0.25) is 4.57 Å². The van der Waals surface area contributed by atoms with Crippen molar-refractivity contribution in [3.63, 3.8) is 0 Å². The molecule has 3 N–H and O–H groups in total. The van der Waals surface area contributed by atoms with Gasteiger partial charge in [0.1, 0.15) is 11.1 Å². The summed E-state index contributed by atoms with van der Waals surface area (Å²) in [6.45, 7) is 5.89. The molecule has 1 rings (SSSR count). The zero-order chi connectivity index (χ0) is 15.3. The average Bonchev–Trinajstić information content (AvgIpc) is 2.23. The second-order valence-electron chi connectivity index (χ2n) is 4.88. The average molecular weight is 289 g/mol. The van der Waals surface area contributed by atoms with Gasteiger partial charge in [0.25, 0.3) is 0 Å². The number of hydrogen-bond acceptors (Lipinski definition) is 4. The first-order chi connectivity index (χ1) is 8.56. The van der Waals surface area contributed by atoms with Gasteiger partial charge in [0.2, 0.25) is 7.60 Å². The van der Waals surface area contributed by atoms with Crippen molar-refractivity contribution in [2.75, 3.05) is 14.1 Å². The lowest BCUT2D eigenvalue weighted by Crippen LogP contribution is -2.74. The topological polar surface area (TPSA) is 86.2 Å². The Kier molecular flexibility index (Phi) is 6.73. The molecule has 1 unspecified atom stereocenters. The van der Waals surface area contributed by atoms with E-state index in [9.17, 15) is 14.6 Å². The normalized spacial score (nSPS) is 14.1. The number of aryl methyl sites for hydroxylation is 2. The number of para-hydroxylation sites is 1. The lowest BCUT2D eigenvalue weighted by Gasteiger charge is -2.35. The van der Waals surface area contributed by atoms with Crippen LogP contribution in [0.3, 0.4) is 0 Å². The van der Waals surface area contributed by atoms with E-state index in [0.717, 1.165) is 11.1 Å². The fourth-order valence-corrected chi connectivity index (χ4v) is 1.93. The summed E-state index contributed by atoms with van der Waals surface area (Å²) in [6, 6.07) is 5.33. The van der Waals surface area contributed by atoms with E-state index in [2.05, 4.69) is 0 Å². The standard InChI is InChI=1S/C11H17O4P.C2H7N/c1-8-6-5-7-9(2)10(8)15-16(13,14)11(3,4)12;1-3-2/h5-7,12H,1-4H3,(H,13,14);3H,1-2H3. The van der Waals surface area contributed by atoms with Crippen molar-refractivity contribution in [2.45, 2.75) is 33.0 Å². The zero-order valence-corrected chi connectivity index (χ0v) is 13.3. The first-order valence-corrected chi connectivity index (χ1v) is 7.64. The Morgan fingerprint density at radius 1 is 1.26 bits per heavy atom. The molecule has 0 aliphatic carbocycles. The third kappa shape index (κ3) is 5.33. The number of hydrogen-bond donors (Lipinski definition) is 2. The highest BCUT2D eigenvalue weighted by Crippen LogP contribution is 2.50. The van der Waals surface area contributed by atoms with Gasteiger partial charge in [0.15, 0.2) is 0 Å². The van der Waals surface area contributed by atoms with Gasteiger partial charge in [-0.25, -0.2) is 0 Å². The van der Waals surface area contributed by atoms with Gasteiger partial charge >= 0.3 is 0 Å². The first kappa shape index (κ1) is 18.1. The second kappa shape index (κ2) is 7.06. The molecule has 5 nitrogen and oxygen atoms in total. The van der Waals surface area contributed by atoms with Crippen LogP contribution in [0.5, 0.6) is 5.75 Å². The molecule has 0 spiro atoms. The minimum Gasteiger partial charge on any atom is -0.767 e. The largest absolute Gasteiger partial charge is 0.767 e. The van der Waals surface area contributed by atoms with Crippen LogP contribution in [0, 0.1) is 13.8 Å². The predicted octanol–water partition coefficient (Wildman–Crippen LogP) is 0.773. The molecule has 0 fully saturated rings. The number of aliphatic hydroxyl groups is 1. The third-order valence-corrected chi connectivity index (χ3v) is 4.05. The maximum atomic E-state index is 11.7. The van der Waals surface area contributed by atoms with Crippen LogP contribution < -0.4 is 14.7 Å². The lowest BCUT2D eigenvalue weighted by molar-refractivity contribution is -0.597. The molecule has 0 bridgehead atoms. The molecule has 0 amide bonds. The summed E-state index contributed by atoms with van der Waals surface area (Å²) in [7, 11) is -0.347. The van der Waals surface area contributed by atoms with Gasteiger partial charge < -0.3 is 19.8 Å². The Hall–Kier alpha value is -0.870. The van der Waals surface area contributed by atoms with Crippen molar-refractivity contribution in [1.82, 2.24) is 0 Å². The SMILES string of the molecule is C[NH2+]C.Cc1cccc(C)c1OP(=O)([O-])C(C)(C)O. The molecule has 110 valence electrons. The summed E-state index contributed by atoms with van der Waals surface area (Å²) < 4.78 is 16.7.